The van der Waals surface area contributed by atoms with Crippen LogP contribution in [0.3, 0.4) is 0 Å². The third kappa shape index (κ3) is 3.00. The SMILES string of the molecule is CCCCCn1cnc2c(=O)n(CCC)c(=O)n(CCC)c21. The highest BCUT2D eigenvalue weighted by Gasteiger charge is 2.16. The van der Waals surface area contributed by atoms with E-state index in [0.29, 0.717) is 24.3 Å². The first-order valence-electron chi connectivity index (χ1n) is 8.34. The fourth-order valence-corrected chi connectivity index (χ4v) is 2.80. The summed E-state index contributed by atoms with van der Waals surface area (Å²) in [6, 6.07) is 0. The van der Waals surface area contributed by atoms with Gasteiger partial charge in [-0.3, -0.25) is 13.9 Å². The molecule has 0 bridgehead atoms. The molecule has 0 spiro atoms. The molecule has 0 amide bonds. The molecule has 0 atom stereocenters. The molecule has 0 radical (unpaired) electrons. The molecule has 22 heavy (non-hydrogen) atoms. The van der Waals surface area contributed by atoms with E-state index in [1.54, 1.807) is 10.9 Å². The van der Waals surface area contributed by atoms with Crippen LogP contribution in [0.1, 0.15) is 52.9 Å². The Labute approximate surface area is 130 Å². The number of imidazole rings is 1. The monoisotopic (exact) mass is 306 g/mol. The summed E-state index contributed by atoms with van der Waals surface area (Å²) in [6.45, 7) is 8.00. The van der Waals surface area contributed by atoms with Gasteiger partial charge < -0.3 is 4.57 Å². The van der Waals surface area contributed by atoms with Crippen LogP contribution < -0.4 is 11.2 Å². The standard InChI is InChI=1S/C16H26N4O2/c1-4-7-8-11-18-12-17-13-14(18)19(9-5-2)16(22)20(10-6-3)15(13)21/h12H,4-11H2,1-3H3. The Balaban J connectivity index is 2.63. The number of aromatic nitrogens is 4. The highest BCUT2D eigenvalue weighted by molar-refractivity contribution is 5.69. The van der Waals surface area contributed by atoms with Gasteiger partial charge in [-0.05, 0) is 19.3 Å². The molecule has 0 N–H and O–H groups in total. The molecule has 6 heteroatoms. The van der Waals surface area contributed by atoms with Crippen molar-refractivity contribution in [3.63, 3.8) is 0 Å². The van der Waals surface area contributed by atoms with Crippen LogP contribution in [0, 0.1) is 0 Å². The van der Waals surface area contributed by atoms with Gasteiger partial charge in [-0.1, -0.05) is 33.6 Å². The van der Waals surface area contributed by atoms with Crippen molar-refractivity contribution in [1.82, 2.24) is 18.7 Å². The predicted molar refractivity (Wildman–Crippen MR) is 88.4 cm³/mol. The van der Waals surface area contributed by atoms with Crippen LogP contribution >= 0.6 is 0 Å². The maximum Gasteiger partial charge on any atom is 0.332 e. The first kappa shape index (κ1) is 16.5. The average Bonchev–Trinajstić information content (AvgIpc) is 2.92. The summed E-state index contributed by atoms with van der Waals surface area (Å²) in [6.07, 6.45) is 6.59. The highest BCUT2D eigenvalue weighted by Crippen LogP contribution is 2.10. The van der Waals surface area contributed by atoms with Gasteiger partial charge in [0.1, 0.15) is 5.65 Å². The van der Waals surface area contributed by atoms with Crippen LogP contribution in [0.5, 0.6) is 0 Å². The molecular formula is C16H26N4O2. The third-order valence-electron chi connectivity index (χ3n) is 3.87. The normalized spacial score (nSPS) is 11.4. The maximum absolute atomic E-state index is 12.6. The number of nitrogens with zero attached hydrogens (tertiary/aromatic N) is 4. The molecule has 2 aromatic rings. The second kappa shape index (κ2) is 7.42. The van der Waals surface area contributed by atoms with Crippen LogP contribution in [-0.4, -0.2) is 18.7 Å². The van der Waals surface area contributed by atoms with Crippen molar-refractivity contribution in [2.24, 2.45) is 0 Å². The van der Waals surface area contributed by atoms with Crippen molar-refractivity contribution in [2.45, 2.75) is 72.5 Å². The van der Waals surface area contributed by atoms with E-state index in [1.165, 1.54) is 4.57 Å². The maximum atomic E-state index is 12.6. The summed E-state index contributed by atoms with van der Waals surface area (Å²) in [7, 11) is 0. The van der Waals surface area contributed by atoms with Crippen LogP contribution in [0.15, 0.2) is 15.9 Å². The summed E-state index contributed by atoms with van der Waals surface area (Å²) in [5.74, 6) is 0. The van der Waals surface area contributed by atoms with E-state index in [-0.39, 0.29) is 11.2 Å². The van der Waals surface area contributed by atoms with Gasteiger partial charge in [0.25, 0.3) is 5.56 Å². The van der Waals surface area contributed by atoms with Crippen LogP contribution in [-0.2, 0) is 19.6 Å². The predicted octanol–water partition coefficient (Wildman–Crippen LogP) is 2.37. The molecule has 0 aromatic carbocycles. The Morgan fingerprint density at radius 3 is 2.23 bits per heavy atom. The molecule has 0 aliphatic heterocycles. The minimum Gasteiger partial charge on any atom is -0.316 e. The van der Waals surface area contributed by atoms with Crippen molar-refractivity contribution in [3.8, 4) is 0 Å². The van der Waals surface area contributed by atoms with E-state index in [1.807, 2.05) is 18.4 Å². The highest BCUT2D eigenvalue weighted by atomic mass is 16.2. The van der Waals surface area contributed by atoms with Gasteiger partial charge in [-0.2, -0.15) is 0 Å². The van der Waals surface area contributed by atoms with Crippen molar-refractivity contribution in [3.05, 3.63) is 27.2 Å². The molecular weight excluding hydrogens is 280 g/mol. The van der Waals surface area contributed by atoms with Crippen molar-refractivity contribution < 1.29 is 0 Å². The van der Waals surface area contributed by atoms with E-state index in [9.17, 15) is 9.59 Å². The Bertz CT molecular complexity index is 739. The average molecular weight is 306 g/mol. The molecule has 0 aliphatic rings. The molecule has 2 heterocycles. The first-order valence-corrected chi connectivity index (χ1v) is 8.34. The van der Waals surface area contributed by atoms with Gasteiger partial charge in [0.05, 0.1) is 6.33 Å². The summed E-state index contributed by atoms with van der Waals surface area (Å²) in [4.78, 5) is 29.5. The van der Waals surface area contributed by atoms with E-state index in [4.69, 9.17) is 0 Å². The Morgan fingerprint density at radius 1 is 0.909 bits per heavy atom. The summed E-state index contributed by atoms with van der Waals surface area (Å²) in [5.41, 5.74) is 0.625. The fourth-order valence-electron chi connectivity index (χ4n) is 2.80. The number of unbranched alkanes of at least 4 members (excludes halogenated alkanes) is 2. The van der Waals surface area contributed by atoms with Crippen molar-refractivity contribution in [2.75, 3.05) is 0 Å². The van der Waals surface area contributed by atoms with E-state index in [0.717, 1.165) is 38.6 Å². The minimum absolute atomic E-state index is 0.210. The zero-order chi connectivity index (χ0) is 16.1. The summed E-state index contributed by atoms with van der Waals surface area (Å²) < 4.78 is 4.99. The van der Waals surface area contributed by atoms with Gasteiger partial charge in [0, 0.05) is 19.6 Å². The molecule has 0 saturated carbocycles. The Morgan fingerprint density at radius 2 is 1.59 bits per heavy atom. The number of fused-ring (bicyclic) bond motifs is 1. The first-order chi connectivity index (χ1) is 10.7. The van der Waals surface area contributed by atoms with E-state index < -0.39 is 0 Å². The molecule has 0 aliphatic carbocycles. The summed E-state index contributed by atoms with van der Waals surface area (Å²) >= 11 is 0. The largest absolute Gasteiger partial charge is 0.332 e. The van der Waals surface area contributed by atoms with Crippen LogP contribution in [0.2, 0.25) is 0 Å². The summed E-state index contributed by atoms with van der Waals surface area (Å²) in [5, 5.41) is 0. The lowest BCUT2D eigenvalue weighted by molar-refractivity contribution is 0.540. The van der Waals surface area contributed by atoms with Gasteiger partial charge in [0.15, 0.2) is 5.52 Å². The molecule has 2 rings (SSSR count). The van der Waals surface area contributed by atoms with E-state index >= 15 is 0 Å². The molecule has 2 aromatic heterocycles. The number of hydrogen-bond donors (Lipinski definition) is 0. The van der Waals surface area contributed by atoms with Crippen LogP contribution in [0.25, 0.3) is 11.2 Å². The van der Waals surface area contributed by atoms with Gasteiger partial charge in [0.2, 0.25) is 0 Å². The topological polar surface area (TPSA) is 61.8 Å². The lowest BCUT2D eigenvalue weighted by Gasteiger charge is -2.13. The second-order valence-electron chi connectivity index (χ2n) is 5.71. The molecule has 0 unspecified atom stereocenters. The van der Waals surface area contributed by atoms with Gasteiger partial charge in [-0.15, -0.1) is 0 Å². The molecule has 0 fully saturated rings. The molecule has 6 nitrogen and oxygen atoms in total. The van der Waals surface area contributed by atoms with Crippen molar-refractivity contribution in [1.29, 1.82) is 0 Å². The smallest absolute Gasteiger partial charge is 0.316 e. The minimum atomic E-state index is -0.261. The van der Waals surface area contributed by atoms with Crippen molar-refractivity contribution >= 4 is 11.2 Å². The van der Waals surface area contributed by atoms with Crippen LogP contribution in [0.4, 0.5) is 0 Å². The third-order valence-corrected chi connectivity index (χ3v) is 3.87. The molecule has 0 saturated heterocycles. The number of aryl methyl sites for hydroxylation is 2. The van der Waals surface area contributed by atoms with Gasteiger partial charge in [-0.25, -0.2) is 9.78 Å². The second-order valence-corrected chi connectivity index (χ2v) is 5.71. The molecule has 122 valence electrons. The quantitative estimate of drug-likeness (QED) is 0.703. The Kier molecular flexibility index (Phi) is 5.57. The lowest BCUT2D eigenvalue weighted by atomic mass is 10.2. The number of rotatable bonds is 8. The van der Waals surface area contributed by atoms with Gasteiger partial charge >= 0.3 is 5.69 Å². The number of hydrogen-bond acceptors (Lipinski definition) is 3. The Hall–Kier alpha value is -1.85. The fraction of sp³-hybridized carbons (Fsp3) is 0.688. The zero-order valence-electron chi connectivity index (χ0n) is 13.8. The van der Waals surface area contributed by atoms with E-state index in [2.05, 4.69) is 11.9 Å². The zero-order valence-corrected chi connectivity index (χ0v) is 13.8. The lowest BCUT2D eigenvalue weighted by Crippen LogP contribution is -2.40.